The molecule has 6 nitrogen and oxygen atoms in total. The van der Waals surface area contributed by atoms with Crippen molar-refractivity contribution in [2.24, 2.45) is 0 Å². The zero-order valence-corrected chi connectivity index (χ0v) is 12.6. The van der Waals surface area contributed by atoms with Gasteiger partial charge in [0, 0.05) is 6.54 Å². The maximum absolute atomic E-state index is 11.3. The molecule has 0 fully saturated rings. The summed E-state index contributed by atoms with van der Waals surface area (Å²) in [7, 11) is 1.35. The monoisotopic (exact) mass is 308 g/mol. The summed E-state index contributed by atoms with van der Waals surface area (Å²) < 4.78 is 6.52. The molecule has 1 heterocycles. The van der Waals surface area contributed by atoms with E-state index in [4.69, 9.17) is 5.11 Å². The number of ether oxygens (including phenoxy) is 1. The van der Waals surface area contributed by atoms with E-state index in [1.807, 2.05) is 29.7 Å². The number of aliphatic carboxylic acids is 1. The highest BCUT2D eigenvalue weighted by molar-refractivity contribution is 7.99. The van der Waals surface area contributed by atoms with Crippen LogP contribution >= 0.6 is 11.8 Å². The van der Waals surface area contributed by atoms with Crippen LogP contribution in [-0.2, 0) is 20.9 Å². The molecule has 0 unspecified atom stereocenters. The quantitative estimate of drug-likeness (QED) is 0.650. The predicted octanol–water partition coefficient (Wildman–Crippen LogP) is 2.08. The summed E-state index contributed by atoms with van der Waals surface area (Å²) in [4.78, 5) is 26.6. The Balaban J connectivity index is 2.37. The van der Waals surface area contributed by atoms with Crippen molar-refractivity contribution in [2.45, 2.75) is 25.0 Å². The van der Waals surface area contributed by atoms with Crippen LogP contribution in [0, 0.1) is 6.92 Å². The van der Waals surface area contributed by atoms with E-state index < -0.39 is 5.97 Å². The number of hydrogen-bond acceptors (Lipinski definition) is 5. The maximum atomic E-state index is 11.3. The van der Waals surface area contributed by atoms with Gasteiger partial charge < -0.3 is 14.4 Å². The first-order valence-electron chi connectivity index (χ1n) is 6.40. The second kappa shape index (κ2) is 6.62. The minimum absolute atomic E-state index is 0.0689. The highest BCUT2D eigenvalue weighted by Gasteiger charge is 2.15. The molecule has 0 bridgehead atoms. The van der Waals surface area contributed by atoms with Crippen LogP contribution in [0.25, 0.3) is 11.0 Å². The number of thioether (sulfide) groups is 1. The van der Waals surface area contributed by atoms with Gasteiger partial charge in [-0.2, -0.15) is 0 Å². The fourth-order valence-corrected chi connectivity index (χ4v) is 2.78. The molecule has 112 valence electrons. The molecule has 0 aliphatic rings. The molecule has 2 aromatic rings. The number of hydrogen-bond donors (Lipinski definition) is 1. The van der Waals surface area contributed by atoms with Gasteiger partial charge in [-0.1, -0.05) is 23.9 Å². The number of benzene rings is 1. The summed E-state index contributed by atoms with van der Waals surface area (Å²) in [6.45, 7) is 2.36. The number of carbonyl (C=O) groups excluding carboxylic acids is 1. The van der Waals surface area contributed by atoms with E-state index in [-0.39, 0.29) is 18.1 Å². The van der Waals surface area contributed by atoms with Crippen molar-refractivity contribution in [3.05, 3.63) is 23.8 Å². The van der Waals surface area contributed by atoms with Crippen molar-refractivity contribution >= 4 is 34.7 Å². The summed E-state index contributed by atoms with van der Waals surface area (Å²) >= 11 is 1.15. The lowest BCUT2D eigenvalue weighted by Crippen LogP contribution is -2.08. The minimum Gasteiger partial charge on any atom is -0.481 e. The summed E-state index contributed by atoms with van der Waals surface area (Å²) in [6.07, 6.45) is 0.219. The normalized spacial score (nSPS) is 10.8. The number of carboxylic acids is 1. The van der Waals surface area contributed by atoms with Crippen molar-refractivity contribution in [1.29, 1.82) is 0 Å². The van der Waals surface area contributed by atoms with E-state index in [1.165, 1.54) is 7.11 Å². The van der Waals surface area contributed by atoms with Crippen molar-refractivity contribution in [3.63, 3.8) is 0 Å². The molecule has 0 aliphatic heterocycles. The number of aromatic nitrogens is 2. The third kappa shape index (κ3) is 3.55. The lowest BCUT2D eigenvalue weighted by molar-refractivity contribution is -0.141. The number of esters is 1. The zero-order chi connectivity index (χ0) is 15.4. The van der Waals surface area contributed by atoms with E-state index in [0.29, 0.717) is 11.7 Å². The topological polar surface area (TPSA) is 81.4 Å². The molecule has 21 heavy (non-hydrogen) atoms. The molecule has 0 atom stereocenters. The molecule has 1 N–H and O–H groups in total. The summed E-state index contributed by atoms with van der Waals surface area (Å²) in [5, 5.41) is 9.42. The van der Waals surface area contributed by atoms with Gasteiger partial charge in [-0.3, -0.25) is 9.59 Å². The average molecular weight is 308 g/mol. The molecule has 7 heteroatoms. The van der Waals surface area contributed by atoms with Gasteiger partial charge in [0.05, 0.1) is 30.3 Å². The van der Waals surface area contributed by atoms with Gasteiger partial charge >= 0.3 is 11.9 Å². The smallest absolute Gasteiger partial charge is 0.313 e. The third-order valence-electron chi connectivity index (χ3n) is 3.04. The number of nitrogens with zero attached hydrogens (tertiary/aromatic N) is 2. The van der Waals surface area contributed by atoms with Gasteiger partial charge in [0.1, 0.15) is 0 Å². The number of imidazole rings is 1. The van der Waals surface area contributed by atoms with Crippen LogP contribution in [-0.4, -0.2) is 39.5 Å². The van der Waals surface area contributed by atoms with Crippen molar-refractivity contribution < 1.29 is 19.4 Å². The molecule has 1 aromatic heterocycles. The SMILES string of the molecule is COC(=O)CCn1c(SCC(=O)O)nc2c(C)cccc21. The van der Waals surface area contributed by atoms with E-state index >= 15 is 0 Å². The Bertz CT molecular complexity index is 681. The second-order valence-electron chi connectivity index (χ2n) is 4.50. The van der Waals surface area contributed by atoms with Crippen LogP contribution in [0.3, 0.4) is 0 Å². The Hall–Kier alpha value is -2.02. The summed E-state index contributed by atoms with van der Waals surface area (Å²) in [5.41, 5.74) is 2.74. The zero-order valence-electron chi connectivity index (χ0n) is 11.8. The molecule has 0 spiro atoms. The number of rotatable bonds is 6. The lowest BCUT2D eigenvalue weighted by atomic mass is 10.2. The van der Waals surface area contributed by atoms with Crippen molar-refractivity contribution in [2.75, 3.05) is 12.9 Å². The van der Waals surface area contributed by atoms with Gasteiger partial charge in [0.2, 0.25) is 0 Å². The van der Waals surface area contributed by atoms with Crippen molar-refractivity contribution in [3.8, 4) is 0 Å². The molecule has 0 amide bonds. The fourth-order valence-electron chi connectivity index (χ4n) is 2.02. The Morgan fingerprint density at radius 2 is 2.19 bits per heavy atom. The van der Waals surface area contributed by atoms with E-state index in [0.717, 1.165) is 28.4 Å². The summed E-state index contributed by atoms with van der Waals surface area (Å²) in [6, 6.07) is 5.78. The van der Waals surface area contributed by atoms with Gasteiger partial charge in [-0.05, 0) is 18.6 Å². The molecular weight excluding hydrogens is 292 g/mol. The van der Waals surface area contributed by atoms with Gasteiger partial charge in [-0.15, -0.1) is 0 Å². The van der Waals surface area contributed by atoms with Crippen LogP contribution in [0.2, 0.25) is 0 Å². The molecule has 0 radical (unpaired) electrons. The summed E-state index contributed by atoms with van der Waals surface area (Å²) in [5.74, 6) is -1.28. The van der Waals surface area contributed by atoms with Crippen LogP contribution < -0.4 is 0 Å². The number of aryl methyl sites for hydroxylation is 2. The lowest BCUT2D eigenvalue weighted by Gasteiger charge is -2.07. The number of methoxy groups -OCH3 is 1. The maximum Gasteiger partial charge on any atom is 0.313 e. The predicted molar refractivity (Wildman–Crippen MR) is 79.5 cm³/mol. The van der Waals surface area contributed by atoms with Crippen LogP contribution in [0.4, 0.5) is 0 Å². The Morgan fingerprint density at radius 3 is 2.86 bits per heavy atom. The third-order valence-corrected chi connectivity index (χ3v) is 4.00. The van der Waals surface area contributed by atoms with E-state index in [9.17, 15) is 9.59 Å². The first-order valence-corrected chi connectivity index (χ1v) is 7.38. The second-order valence-corrected chi connectivity index (χ2v) is 5.44. The van der Waals surface area contributed by atoms with E-state index in [2.05, 4.69) is 9.72 Å². The minimum atomic E-state index is -0.900. The van der Waals surface area contributed by atoms with Crippen LogP contribution in [0.15, 0.2) is 23.4 Å². The van der Waals surface area contributed by atoms with Crippen LogP contribution in [0.1, 0.15) is 12.0 Å². The molecule has 2 rings (SSSR count). The molecule has 0 saturated carbocycles. The molecule has 1 aromatic carbocycles. The Morgan fingerprint density at radius 1 is 1.43 bits per heavy atom. The number of carbonyl (C=O) groups is 2. The van der Waals surface area contributed by atoms with Gasteiger partial charge in [-0.25, -0.2) is 4.98 Å². The number of para-hydroxylation sites is 1. The standard InChI is InChI=1S/C14H16N2O4S/c1-9-4-3-5-10-13(9)15-14(21-8-11(17)18)16(10)7-6-12(19)20-2/h3-5H,6-8H2,1-2H3,(H,17,18). The average Bonchev–Trinajstić information content (AvgIpc) is 2.82. The Kier molecular flexibility index (Phi) is 4.85. The van der Waals surface area contributed by atoms with E-state index in [1.54, 1.807) is 0 Å². The highest BCUT2D eigenvalue weighted by Crippen LogP contribution is 2.26. The molecule has 0 aliphatic carbocycles. The number of carboxylic acid groups (broad SMARTS) is 1. The Labute approximate surface area is 126 Å². The van der Waals surface area contributed by atoms with Gasteiger partial charge in [0.25, 0.3) is 0 Å². The molecule has 0 saturated heterocycles. The first-order chi connectivity index (χ1) is 10.0. The van der Waals surface area contributed by atoms with Crippen molar-refractivity contribution in [1.82, 2.24) is 9.55 Å². The fraction of sp³-hybridized carbons (Fsp3) is 0.357. The molecular formula is C14H16N2O4S. The van der Waals surface area contributed by atoms with Gasteiger partial charge in [0.15, 0.2) is 5.16 Å². The number of fused-ring (bicyclic) bond motifs is 1. The highest BCUT2D eigenvalue weighted by atomic mass is 32.2. The first kappa shape index (κ1) is 15.4. The van der Waals surface area contributed by atoms with Crippen LogP contribution in [0.5, 0.6) is 0 Å². The largest absolute Gasteiger partial charge is 0.481 e.